The van der Waals surface area contributed by atoms with Gasteiger partial charge in [0, 0.05) is 11.3 Å². The maximum atomic E-state index is 11.8. The second-order valence-electron chi connectivity index (χ2n) is 3.10. The van der Waals surface area contributed by atoms with Crippen molar-refractivity contribution in [3.05, 3.63) is 43.7 Å². The number of ketones is 1. The van der Waals surface area contributed by atoms with E-state index >= 15 is 0 Å². The highest BCUT2D eigenvalue weighted by Crippen LogP contribution is 2.24. The monoisotopic (exact) mass is 256 g/mol. The molecule has 0 atom stereocenters. The highest BCUT2D eigenvalue weighted by molar-refractivity contribution is 7.12. The van der Waals surface area contributed by atoms with E-state index in [2.05, 4.69) is 0 Å². The van der Waals surface area contributed by atoms with Crippen LogP contribution in [0, 0.1) is 0 Å². The minimum absolute atomic E-state index is 0.142. The van der Waals surface area contributed by atoms with E-state index in [1.54, 1.807) is 17.4 Å². The van der Waals surface area contributed by atoms with Crippen LogP contribution >= 0.6 is 34.3 Å². The lowest BCUT2D eigenvalue weighted by atomic mass is 10.2. The average molecular weight is 257 g/mol. The van der Waals surface area contributed by atoms with E-state index in [-0.39, 0.29) is 5.78 Å². The van der Waals surface area contributed by atoms with Crippen molar-refractivity contribution in [2.24, 2.45) is 0 Å². The predicted octanol–water partition coefficient (Wildman–Crippen LogP) is 4.28. The standard InChI is InChI=1S/C11H9ClOS2/c12-9-5-7-15-11(9)10(13)4-3-8-2-1-6-14-8/h1-2,5-7H,3-4H2. The topological polar surface area (TPSA) is 17.1 Å². The van der Waals surface area contributed by atoms with E-state index in [0.717, 1.165) is 6.42 Å². The second kappa shape index (κ2) is 4.92. The number of Topliss-reactive ketones (excluding diaryl/α,β-unsaturated/α-hetero) is 1. The maximum absolute atomic E-state index is 11.8. The summed E-state index contributed by atoms with van der Waals surface area (Å²) in [6.07, 6.45) is 1.35. The van der Waals surface area contributed by atoms with Crippen molar-refractivity contribution in [3.63, 3.8) is 0 Å². The summed E-state index contributed by atoms with van der Waals surface area (Å²) in [4.78, 5) is 13.7. The first-order chi connectivity index (χ1) is 7.27. The summed E-state index contributed by atoms with van der Waals surface area (Å²) >= 11 is 8.99. The Balaban J connectivity index is 1.96. The summed E-state index contributed by atoms with van der Waals surface area (Å²) in [7, 11) is 0. The van der Waals surface area contributed by atoms with Crippen LogP contribution in [0.25, 0.3) is 0 Å². The lowest BCUT2D eigenvalue weighted by molar-refractivity contribution is 0.0987. The van der Waals surface area contributed by atoms with Gasteiger partial charge in [-0.1, -0.05) is 17.7 Å². The molecule has 0 saturated carbocycles. The van der Waals surface area contributed by atoms with Gasteiger partial charge in [-0.25, -0.2) is 0 Å². The number of carbonyl (C=O) groups is 1. The molecule has 2 aromatic heterocycles. The molecule has 0 radical (unpaired) electrons. The maximum Gasteiger partial charge on any atom is 0.174 e. The predicted molar refractivity (Wildman–Crippen MR) is 66.3 cm³/mol. The normalized spacial score (nSPS) is 10.5. The fourth-order valence-corrected chi connectivity index (χ4v) is 3.14. The van der Waals surface area contributed by atoms with Crippen LogP contribution in [0.1, 0.15) is 21.0 Å². The van der Waals surface area contributed by atoms with E-state index in [0.29, 0.717) is 16.3 Å². The molecule has 0 fully saturated rings. The fourth-order valence-electron chi connectivity index (χ4n) is 1.30. The zero-order chi connectivity index (χ0) is 10.7. The van der Waals surface area contributed by atoms with Gasteiger partial charge in [0.25, 0.3) is 0 Å². The highest BCUT2D eigenvalue weighted by Gasteiger charge is 2.11. The summed E-state index contributed by atoms with van der Waals surface area (Å²) in [5, 5.41) is 4.45. The Morgan fingerprint density at radius 2 is 2.13 bits per heavy atom. The van der Waals surface area contributed by atoms with Crippen molar-refractivity contribution in [2.75, 3.05) is 0 Å². The molecular weight excluding hydrogens is 248 g/mol. The molecule has 78 valence electrons. The summed E-state index contributed by atoms with van der Waals surface area (Å²) in [5.74, 6) is 0.142. The first kappa shape index (κ1) is 10.9. The van der Waals surface area contributed by atoms with Crippen molar-refractivity contribution in [1.29, 1.82) is 0 Å². The highest BCUT2D eigenvalue weighted by atomic mass is 35.5. The SMILES string of the molecule is O=C(CCc1cccs1)c1sccc1Cl. The molecule has 2 heterocycles. The number of halogens is 1. The van der Waals surface area contributed by atoms with E-state index in [4.69, 9.17) is 11.6 Å². The van der Waals surface area contributed by atoms with Gasteiger partial charge in [0.05, 0.1) is 9.90 Å². The molecule has 0 spiro atoms. The average Bonchev–Trinajstić information content (AvgIpc) is 2.84. The Kier molecular flexibility index (Phi) is 3.57. The zero-order valence-electron chi connectivity index (χ0n) is 7.90. The molecule has 0 aliphatic carbocycles. The summed E-state index contributed by atoms with van der Waals surface area (Å²) in [5.41, 5.74) is 0. The molecule has 0 amide bonds. The molecule has 0 aliphatic heterocycles. The molecule has 0 aliphatic rings. The van der Waals surface area contributed by atoms with Crippen LogP contribution in [0.5, 0.6) is 0 Å². The van der Waals surface area contributed by atoms with Crippen LogP contribution in [0.3, 0.4) is 0 Å². The Hall–Kier alpha value is -0.640. The smallest absolute Gasteiger partial charge is 0.174 e. The van der Waals surface area contributed by atoms with Gasteiger partial charge in [-0.2, -0.15) is 0 Å². The quantitative estimate of drug-likeness (QED) is 0.747. The van der Waals surface area contributed by atoms with Crippen molar-refractivity contribution in [1.82, 2.24) is 0 Å². The van der Waals surface area contributed by atoms with Gasteiger partial charge in [-0.3, -0.25) is 4.79 Å². The number of thiophene rings is 2. The summed E-state index contributed by atoms with van der Waals surface area (Å²) in [6, 6.07) is 5.82. The van der Waals surface area contributed by atoms with Crippen LogP contribution in [-0.2, 0) is 6.42 Å². The van der Waals surface area contributed by atoms with Crippen LogP contribution in [0.15, 0.2) is 29.0 Å². The first-order valence-corrected chi connectivity index (χ1v) is 6.69. The van der Waals surface area contributed by atoms with Crippen LogP contribution in [0.4, 0.5) is 0 Å². The van der Waals surface area contributed by atoms with Crippen molar-refractivity contribution >= 4 is 40.1 Å². The molecule has 0 saturated heterocycles. The van der Waals surface area contributed by atoms with Gasteiger partial charge in [-0.15, -0.1) is 22.7 Å². The molecule has 0 bridgehead atoms. The summed E-state index contributed by atoms with van der Waals surface area (Å²) in [6.45, 7) is 0. The van der Waals surface area contributed by atoms with Gasteiger partial charge >= 0.3 is 0 Å². The number of carbonyl (C=O) groups excluding carboxylic acids is 1. The molecule has 1 nitrogen and oxygen atoms in total. The zero-order valence-corrected chi connectivity index (χ0v) is 10.3. The third-order valence-corrected chi connectivity index (χ3v) is 4.37. The molecule has 2 aromatic rings. The van der Waals surface area contributed by atoms with Gasteiger partial charge in [0.1, 0.15) is 0 Å². The van der Waals surface area contributed by atoms with Gasteiger partial charge < -0.3 is 0 Å². The van der Waals surface area contributed by atoms with E-state index in [1.807, 2.05) is 22.9 Å². The molecule has 15 heavy (non-hydrogen) atoms. The van der Waals surface area contributed by atoms with Crippen molar-refractivity contribution in [2.45, 2.75) is 12.8 Å². The van der Waals surface area contributed by atoms with Crippen molar-refractivity contribution < 1.29 is 4.79 Å². The molecule has 4 heteroatoms. The largest absolute Gasteiger partial charge is 0.293 e. The van der Waals surface area contributed by atoms with Gasteiger partial charge in [0.15, 0.2) is 5.78 Å². The minimum atomic E-state index is 0.142. The van der Waals surface area contributed by atoms with Crippen molar-refractivity contribution in [3.8, 4) is 0 Å². The Morgan fingerprint density at radius 1 is 1.27 bits per heavy atom. The molecular formula is C11H9ClOS2. The second-order valence-corrected chi connectivity index (χ2v) is 5.46. The first-order valence-electron chi connectivity index (χ1n) is 4.56. The van der Waals surface area contributed by atoms with Crippen LogP contribution in [-0.4, -0.2) is 5.78 Å². The number of aryl methyl sites for hydroxylation is 1. The molecule has 0 unspecified atom stereocenters. The lowest BCUT2D eigenvalue weighted by Gasteiger charge is -1.97. The molecule has 0 N–H and O–H groups in total. The number of rotatable bonds is 4. The fraction of sp³-hybridized carbons (Fsp3) is 0.182. The third-order valence-electron chi connectivity index (χ3n) is 2.05. The lowest BCUT2D eigenvalue weighted by Crippen LogP contribution is -1.98. The van der Waals surface area contributed by atoms with E-state index < -0.39 is 0 Å². The Bertz CT molecular complexity index is 445. The van der Waals surface area contributed by atoms with E-state index in [9.17, 15) is 4.79 Å². The molecule has 2 rings (SSSR count). The Labute approximate surface area is 101 Å². The Morgan fingerprint density at radius 3 is 2.73 bits per heavy atom. The van der Waals surface area contributed by atoms with Gasteiger partial charge in [0.2, 0.25) is 0 Å². The summed E-state index contributed by atoms with van der Waals surface area (Å²) < 4.78 is 0. The molecule has 0 aromatic carbocycles. The number of hydrogen-bond acceptors (Lipinski definition) is 3. The van der Waals surface area contributed by atoms with Gasteiger partial charge in [-0.05, 0) is 29.3 Å². The van der Waals surface area contributed by atoms with E-state index in [1.165, 1.54) is 16.2 Å². The van der Waals surface area contributed by atoms with Crippen LogP contribution < -0.4 is 0 Å². The van der Waals surface area contributed by atoms with Crippen LogP contribution in [0.2, 0.25) is 5.02 Å². The number of hydrogen-bond donors (Lipinski definition) is 0. The third kappa shape index (κ3) is 2.68. The minimum Gasteiger partial charge on any atom is -0.293 e.